The van der Waals surface area contributed by atoms with Crippen molar-refractivity contribution in [3.05, 3.63) is 34.9 Å². The average molecular weight is 249 g/mol. The topological polar surface area (TPSA) is 49.3 Å². The molecule has 0 fully saturated rings. The van der Waals surface area contributed by atoms with Crippen LogP contribution in [0, 0.1) is 13.8 Å². The lowest BCUT2D eigenvalue weighted by Crippen LogP contribution is -2.47. The summed E-state index contributed by atoms with van der Waals surface area (Å²) in [6.07, 6.45) is 2.03. The molecule has 0 aliphatic rings. The largest absolute Gasteiger partial charge is 0.480 e. The number of aliphatic carboxylic acids is 1. The number of hydrogen-bond acceptors (Lipinski definition) is 2. The molecule has 100 valence electrons. The molecule has 1 aromatic carbocycles. The minimum atomic E-state index is -1.01. The highest BCUT2D eigenvalue weighted by molar-refractivity contribution is 5.80. The van der Waals surface area contributed by atoms with E-state index < -0.39 is 11.5 Å². The van der Waals surface area contributed by atoms with E-state index in [-0.39, 0.29) is 0 Å². The van der Waals surface area contributed by atoms with Gasteiger partial charge in [-0.15, -0.1) is 0 Å². The maximum absolute atomic E-state index is 11.5. The van der Waals surface area contributed by atoms with Crippen LogP contribution in [0.25, 0.3) is 0 Å². The van der Waals surface area contributed by atoms with Crippen molar-refractivity contribution in [3.8, 4) is 0 Å². The standard InChI is InChI=1S/C15H23NO2/c1-5-6-9-16-15(4,14(17)18)13-8-7-11(2)12(3)10-13/h7-8,10,16H,5-6,9H2,1-4H3,(H,17,18). The van der Waals surface area contributed by atoms with Crippen molar-refractivity contribution in [2.45, 2.75) is 46.1 Å². The molecule has 3 nitrogen and oxygen atoms in total. The third-order valence-corrected chi connectivity index (χ3v) is 3.52. The Labute approximate surface area is 109 Å². The smallest absolute Gasteiger partial charge is 0.328 e. The number of benzene rings is 1. The van der Waals surface area contributed by atoms with Crippen LogP contribution in [-0.4, -0.2) is 17.6 Å². The van der Waals surface area contributed by atoms with Crippen molar-refractivity contribution >= 4 is 5.97 Å². The molecule has 1 rings (SSSR count). The van der Waals surface area contributed by atoms with Gasteiger partial charge in [-0.1, -0.05) is 31.5 Å². The van der Waals surface area contributed by atoms with Gasteiger partial charge in [0.1, 0.15) is 5.54 Å². The van der Waals surface area contributed by atoms with Crippen LogP contribution in [0.15, 0.2) is 18.2 Å². The fourth-order valence-corrected chi connectivity index (χ4v) is 1.87. The summed E-state index contributed by atoms with van der Waals surface area (Å²) in [5.41, 5.74) is 2.11. The van der Waals surface area contributed by atoms with Crippen LogP contribution in [0.1, 0.15) is 43.4 Å². The van der Waals surface area contributed by atoms with E-state index in [1.165, 1.54) is 5.56 Å². The molecule has 0 bridgehead atoms. The van der Waals surface area contributed by atoms with Crippen LogP contribution in [0.5, 0.6) is 0 Å². The van der Waals surface area contributed by atoms with E-state index in [2.05, 4.69) is 12.2 Å². The molecular weight excluding hydrogens is 226 g/mol. The molecule has 0 aliphatic carbocycles. The number of aryl methyl sites for hydroxylation is 2. The number of carboxylic acid groups (broad SMARTS) is 1. The van der Waals surface area contributed by atoms with Gasteiger partial charge < -0.3 is 5.11 Å². The Morgan fingerprint density at radius 3 is 2.50 bits per heavy atom. The average Bonchev–Trinajstić information content (AvgIpc) is 2.32. The van der Waals surface area contributed by atoms with Gasteiger partial charge in [-0.25, -0.2) is 4.79 Å². The highest BCUT2D eigenvalue weighted by atomic mass is 16.4. The Bertz CT molecular complexity index is 429. The Morgan fingerprint density at radius 2 is 2.00 bits per heavy atom. The van der Waals surface area contributed by atoms with Crippen molar-refractivity contribution in [2.75, 3.05) is 6.54 Å². The summed E-state index contributed by atoms with van der Waals surface area (Å²) in [5, 5.41) is 12.6. The lowest BCUT2D eigenvalue weighted by atomic mass is 9.89. The Hall–Kier alpha value is -1.35. The van der Waals surface area contributed by atoms with Gasteiger partial charge in [0.15, 0.2) is 0 Å². The molecule has 1 atom stereocenters. The van der Waals surface area contributed by atoms with Crippen molar-refractivity contribution < 1.29 is 9.90 Å². The first kappa shape index (κ1) is 14.7. The number of hydrogen-bond donors (Lipinski definition) is 2. The summed E-state index contributed by atoms with van der Waals surface area (Å²) in [6.45, 7) is 8.58. The SMILES string of the molecule is CCCCNC(C)(C(=O)O)c1ccc(C)c(C)c1. The second-order valence-electron chi connectivity index (χ2n) is 5.01. The fourth-order valence-electron chi connectivity index (χ4n) is 1.87. The molecule has 0 aromatic heterocycles. The van der Waals surface area contributed by atoms with E-state index in [9.17, 15) is 9.90 Å². The highest BCUT2D eigenvalue weighted by Gasteiger charge is 2.34. The predicted octanol–water partition coefficient (Wildman–Crippen LogP) is 2.99. The summed E-state index contributed by atoms with van der Waals surface area (Å²) in [6, 6.07) is 5.84. The molecule has 0 saturated heterocycles. The second kappa shape index (κ2) is 6.01. The minimum absolute atomic E-state index is 0.715. The van der Waals surface area contributed by atoms with E-state index in [0.717, 1.165) is 24.0 Å². The number of rotatable bonds is 6. The quantitative estimate of drug-likeness (QED) is 0.762. The molecule has 2 N–H and O–H groups in total. The maximum atomic E-state index is 11.5. The summed E-state index contributed by atoms with van der Waals surface area (Å²) in [7, 11) is 0. The Morgan fingerprint density at radius 1 is 1.33 bits per heavy atom. The van der Waals surface area contributed by atoms with Gasteiger partial charge >= 0.3 is 5.97 Å². The van der Waals surface area contributed by atoms with Gasteiger partial charge in [0.2, 0.25) is 0 Å². The molecule has 0 heterocycles. The van der Waals surface area contributed by atoms with Gasteiger partial charge in [-0.3, -0.25) is 5.32 Å². The van der Waals surface area contributed by atoms with Crippen LogP contribution in [0.2, 0.25) is 0 Å². The van der Waals surface area contributed by atoms with Crippen LogP contribution in [-0.2, 0) is 10.3 Å². The van der Waals surface area contributed by atoms with E-state index in [4.69, 9.17) is 0 Å². The molecule has 3 heteroatoms. The number of carboxylic acids is 1. The van der Waals surface area contributed by atoms with Crippen molar-refractivity contribution in [3.63, 3.8) is 0 Å². The Kier molecular flexibility index (Phi) is 4.91. The number of nitrogens with one attached hydrogen (secondary N) is 1. The number of unbranched alkanes of at least 4 members (excludes halogenated alkanes) is 1. The number of carbonyl (C=O) groups is 1. The second-order valence-corrected chi connectivity index (χ2v) is 5.01. The molecule has 0 spiro atoms. The van der Waals surface area contributed by atoms with Crippen LogP contribution < -0.4 is 5.32 Å². The normalized spacial score (nSPS) is 14.2. The van der Waals surface area contributed by atoms with Gasteiger partial charge in [-0.05, 0) is 50.4 Å². The van der Waals surface area contributed by atoms with E-state index >= 15 is 0 Å². The lowest BCUT2D eigenvalue weighted by molar-refractivity contribution is -0.144. The van der Waals surface area contributed by atoms with Gasteiger partial charge in [-0.2, -0.15) is 0 Å². The molecular formula is C15H23NO2. The monoisotopic (exact) mass is 249 g/mol. The Balaban J connectivity index is 3.02. The molecule has 1 unspecified atom stereocenters. The van der Waals surface area contributed by atoms with Gasteiger partial charge in [0.25, 0.3) is 0 Å². The zero-order valence-electron chi connectivity index (χ0n) is 11.7. The first-order valence-electron chi connectivity index (χ1n) is 6.48. The molecule has 18 heavy (non-hydrogen) atoms. The van der Waals surface area contributed by atoms with Crippen LogP contribution >= 0.6 is 0 Å². The third kappa shape index (κ3) is 3.10. The first-order chi connectivity index (χ1) is 8.41. The molecule has 1 aromatic rings. The molecule has 0 aliphatic heterocycles. The summed E-state index contributed by atoms with van der Waals surface area (Å²) < 4.78 is 0. The van der Waals surface area contributed by atoms with Crippen molar-refractivity contribution in [1.82, 2.24) is 5.32 Å². The lowest BCUT2D eigenvalue weighted by Gasteiger charge is -2.27. The van der Waals surface area contributed by atoms with Gasteiger partial charge in [0, 0.05) is 0 Å². The van der Waals surface area contributed by atoms with E-state index in [0.29, 0.717) is 6.54 Å². The highest BCUT2D eigenvalue weighted by Crippen LogP contribution is 2.23. The zero-order chi connectivity index (χ0) is 13.8. The van der Waals surface area contributed by atoms with Crippen LogP contribution in [0.3, 0.4) is 0 Å². The first-order valence-corrected chi connectivity index (χ1v) is 6.48. The fraction of sp³-hybridized carbons (Fsp3) is 0.533. The van der Waals surface area contributed by atoms with Crippen molar-refractivity contribution in [2.24, 2.45) is 0 Å². The summed E-state index contributed by atoms with van der Waals surface area (Å²) in [5.74, 6) is -0.832. The zero-order valence-corrected chi connectivity index (χ0v) is 11.7. The van der Waals surface area contributed by atoms with E-state index in [1.807, 2.05) is 32.0 Å². The third-order valence-electron chi connectivity index (χ3n) is 3.52. The molecule has 0 saturated carbocycles. The predicted molar refractivity (Wildman–Crippen MR) is 73.8 cm³/mol. The molecule has 0 amide bonds. The van der Waals surface area contributed by atoms with Gasteiger partial charge in [0.05, 0.1) is 0 Å². The summed E-state index contributed by atoms with van der Waals surface area (Å²) in [4.78, 5) is 11.5. The molecule has 0 radical (unpaired) electrons. The summed E-state index contributed by atoms with van der Waals surface area (Å²) >= 11 is 0. The minimum Gasteiger partial charge on any atom is -0.480 e. The van der Waals surface area contributed by atoms with E-state index in [1.54, 1.807) is 6.92 Å². The van der Waals surface area contributed by atoms with Crippen LogP contribution in [0.4, 0.5) is 0 Å². The van der Waals surface area contributed by atoms with Crippen molar-refractivity contribution in [1.29, 1.82) is 0 Å². The maximum Gasteiger partial charge on any atom is 0.328 e.